The number of hydrazine groups is 1. The van der Waals surface area contributed by atoms with Crippen molar-refractivity contribution >= 4 is 12.0 Å². The zero-order chi connectivity index (χ0) is 20.7. The topological polar surface area (TPSA) is 89.9 Å². The fourth-order valence-electron chi connectivity index (χ4n) is 2.65. The number of rotatable bonds is 1. The highest BCUT2D eigenvalue weighted by atomic mass is 16.4. The smallest absolute Gasteiger partial charge is 0.423 e. The molecule has 0 radical (unpaired) electrons. The lowest BCUT2D eigenvalue weighted by Gasteiger charge is -2.35. The molecule has 0 aliphatic heterocycles. The Labute approximate surface area is 156 Å². The summed E-state index contributed by atoms with van der Waals surface area (Å²) < 4.78 is 0. The maximum Gasteiger partial charge on any atom is 0.423 e. The molecule has 0 heterocycles. The molecule has 1 rings (SSSR count). The number of nitrogens with zero attached hydrogens (tertiary/aromatic N) is 1. The average molecular weight is 364 g/mol. The second kappa shape index (κ2) is 6.82. The molecule has 146 valence electrons. The molecule has 0 aliphatic carbocycles. The van der Waals surface area contributed by atoms with Crippen LogP contribution in [0.5, 0.6) is 5.75 Å². The summed E-state index contributed by atoms with van der Waals surface area (Å²) in [5.41, 5.74) is 2.31. The SMILES string of the molecule is CC(C)(C)c1cc(C(=O)N(NC(=O)O)C(C)(C)C)cc(C(C)(C)C)c1O. The lowest BCUT2D eigenvalue weighted by atomic mass is 9.78. The molecule has 0 bridgehead atoms. The van der Waals surface area contributed by atoms with Gasteiger partial charge in [-0.25, -0.2) is 15.2 Å². The van der Waals surface area contributed by atoms with Gasteiger partial charge in [0.25, 0.3) is 5.91 Å². The third kappa shape index (κ3) is 4.90. The van der Waals surface area contributed by atoms with Gasteiger partial charge < -0.3 is 10.2 Å². The van der Waals surface area contributed by atoms with Crippen LogP contribution in [0.2, 0.25) is 0 Å². The Morgan fingerprint density at radius 1 is 0.885 bits per heavy atom. The first-order chi connectivity index (χ1) is 11.5. The van der Waals surface area contributed by atoms with Crippen LogP contribution < -0.4 is 5.43 Å². The normalized spacial score (nSPS) is 12.7. The minimum atomic E-state index is -1.31. The number of nitrogens with one attached hydrogen (secondary N) is 1. The number of phenolic OH excluding ortho intramolecular Hbond substituents is 1. The summed E-state index contributed by atoms with van der Waals surface area (Å²) >= 11 is 0. The number of carbonyl (C=O) groups excluding carboxylic acids is 1. The van der Waals surface area contributed by atoms with Gasteiger partial charge in [-0.1, -0.05) is 41.5 Å². The maximum absolute atomic E-state index is 13.1. The molecular formula is C20H32N2O4. The van der Waals surface area contributed by atoms with E-state index in [4.69, 9.17) is 5.11 Å². The highest BCUT2D eigenvalue weighted by Crippen LogP contribution is 2.40. The molecule has 0 aromatic heterocycles. The van der Waals surface area contributed by atoms with Gasteiger partial charge >= 0.3 is 6.09 Å². The molecule has 26 heavy (non-hydrogen) atoms. The van der Waals surface area contributed by atoms with E-state index < -0.39 is 17.5 Å². The van der Waals surface area contributed by atoms with Crippen molar-refractivity contribution in [1.82, 2.24) is 10.4 Å². The first kappa shape index (κ1) is 21.8. The lowest BCUT2D eigenvalue weighted by Crippen LogP contribution is -2.55. The Kier molecular flexibility index (Phi) is 5.72. The lowest BCUT2D eigenvalue weighted by molar-refractivity contribution is 0.0401. The van der Waals surface area contributed by atoms with Gasteiger partial charge in [-0.05, 0) is 43.7 Å². The van der Waals surface area contributed by atoms with Gasteiger partial charge in [-0.3, -0.25) is 4.79 Å². The van der Waals surface area contributed by atoms with Crippen molar-refractivity contribution in [2.24, 2.45) is 0 Å². The first-order valence-electron chi connectivity index (χ1n) is 8.68. The van der Waals surface area contributed by atoms with Crippen molar-refractivity contribution in [2.75, 3.05) is 0 Å². The Bertz CT molecular complexity index is 669. The van der Waals surface area contributed by atoms with Crippen LogP contribution in [0, 0.1) is 0 Å². The molecule has 0 atom stereocenters. The van der Waals surface area contributed by atoms with Crippen molar-refractivity contribution in [3.63, 3.8) is 0 Å². The second-order valence-corrected chi connectivity index (χ2v) is 9.65. The molecule has 0 fully saturated rings. The van der Waals surface area contributed by atoms with Crippen molar-refractivity contribution in [2.45, 2.75) is 78.7 Å². The number of aromatic hydroxyl groups is 1. The largest absolute Gasteiger partial charge is 0.507 e. The number of hydrogen-bond acceptors (Lipinski definition) is 3. The molecule has 3 N–H and O–H groups in total. The van der Waals surface area contributed by atoms with E-state index >= 15 is 0 Å². The van der Waals surface area contributed by atoms with Crippen molar-refractivity contribution in [1.29, 1.82) is 0 Å². The van der Waals surface area contributed by atoms with Crippen molar-refractivity contribution in [3.8, 4) is 5.75 Å². The molecule has 1 aromatic rings. The van der Waals surface area contributed by atoms with Gasteiger partial charge in [0.1, 0.15) is 5.75 Å². The fraction of sp³-hybridized carbons (Fsp3) is 0.600. The first-order valence-corrected chi connectivity index (χ1v) is 8.68. The van der Waals surface area contributed by atoms with Gasteiger partial charge in [-0.2, -0.15) is 0 Å². The number of carboxylic acid groups (broad SMARTS) is 1. The van der Waals surface area contributed by atoms with E-state index in [1.807, 2.05) is 41.5 Å². The molecule has 0 unspecified atom stereocenters. The highest BCUT2D eigenvalue weighted by Gasteiger charge is 2.33. The summed E-state index contributed by atoms with van der Waals surface area (Å²) in [6.45, 7) is 17.0. The zero-order valence-corrected chi connectivity index (χ0v) is 17.3. The Morgan fingerprint density at radius 2 is 1.27 bits per heavy atom. The van der Waals surface area contributed by atoms with Crippen LogP contribution >= 0.6 is 0 Å². The number of benzene rings is 1. The molecule has 6 nitrogen and oxygen atoms in total. The number of phenols is 1. The highest BCUT2D eigenvalue weighted by molar-refractivity contribution is 5.96. The van der Waals surface area contributed by atoms with E-state index in [1.165, 1.54) is 0 Å². The summed E-state index contributed by atoms with van der Waals surface area (Å²) in [5, 5.41) is 21.0. The summed E-state index contributed by atoms with van der Waals surface area (Å²) in [5.74, 6) is -0.286. The fourth-order valence-corrected chi connectivity index (χ4v) is 2.65. The van der Waals surface area contributed by atoms with Crippen LogP contribution in [-0.4, -0.2) is 32.8 Å². The summed E-state index contributed by atoms with van der Waals surface area (Å²) in [6, 6.07) is 3.30. The monoisotopic (exact) mass is 364 g/mol. The summed E-state index contributed by atoms with van der Waals surface area (Å²) in [7, 11) is 0. The van der Waals surface area contributed by atoms with E-state index in [-0.39, 0.29) is 16.6 Å². The van der Waals surface area contributed by atoms with Gasteiger partial charge in [0.05, 0.1) is 5.54 Å². The predicted molar refractivity (Wildman–Crippen MR) is 103 cm³/mol. The standard InChI is InChI=1S/C20H32N2O4/c1-18(2,3)13-10-12(11-14(15(13)23)19(4,5)6)16(24)22(20(7,8)9)21-17(25)26/h10-11,21,23H,1-9H3,(H,25,26). The average Bonchev–Trinajstić information content (AvgIpc) is 2.40. The number of carbonyl (C=O) groups is 2. The minimum absolute atomic E-state index is 0.176. The maximum atomic E-state index is 13.1. The van der Waals surface area contributed by atoms with Crippen LogP contribution in [0.1, 0.15) is 83.8 Å². The molecule has 6 heteroatoms. The van der Waals surface area contributed by atoms with E-state index in [1.54, 1.807) is 32.9 Å². The Hall–Kier alpha value is -2.24. The third-order valence-electron chi connectivity index (χ3n) is 4.05. The Balaban J connectivity index is 3.66. The van der Waals surface area contributed by atoms with Gasteiger partial charge in [0.15, 0.2) is 0 Å². The van der Waals surface area contributed by atoms with E-state index in [0.29, 0.717) is 16.7 Å². The van der Waals surface area contributed by atoms with E-state index in [2.05, 4.69) is 5.43 Å². The molecule has 0 saturated heterocycles. The molecule has 1 aromatic carbocycles. The molecule has 0 aliphatic rings. The van der Waals surface area contributed by atoms with E-state index in [0.717, 1.165) is 5.01 Å². The van der Waals surface area contributed by atoms with Gasteiger partial charge in [0.2, 0.25) is 0 Å². The molecule has 0 spiro atoms. The Morgan fingerprint density at radius 3 is 1.54 bits per heavy atom. The number of hydrogen-bond donors (Lipinski definition) is 3. The quantitative estimate of drug-likeness (QED) is 0.644. The van der Waals surface area contributed by atoms with Crippen LogP contribution in [-0.2, 0) is 10.8 Å². The van der Waals surface area contributed by atoms with E-state index in [9.17, 15) is 14.7 Å². The molecule has 0 saturated carbocycles. The van der Waals surface area contributed by atoms with Crippen LogP contribution in [0.3, 0.4) is 0 Å². The molecular weight excluding hydrogens is 332 g/mol. The summed E-state index contributed by atoms with van der Waals surface area (Å²) in [4.78, 5) is 24.3. The van der Waals surface area contributed by atoms with Crippen LogP contribution in [0.15, 0.2) is 12.1 Å². The van der Waals surface area contributed by atoms with Gasteiger partial charge in [0, 0.05) is 16.7 Å². The van der Waals surface area contributed by atoms with Crippen molar-refractivity contribution in [3.05, 3.63) is 28.8 Å². The van der Waals surface area contributed by atoms with Gasteiger partial charge in [-0.15, -0.1) is 0 Å². The van der Waals surface area contributed by atoms with Crippen LogP contribution in [0.4, 0.5) is 4.79 Å². The number of amides is 2. The third-order valence-corrected chi connectivity index (χ3v) is 4.05. The zero-order valence-electron chi connectivity index (χ0n) is 17.3. The summed E-state index contributed by atoms with van der Waals surface area (Å²) in [6.07, 6.45) is -1.31. The second-order valence-electron chi connectivity index (χ2n) is 9.65. The van der Waals surface area contributed by atoms with Crippen LogP contribution in [0.25, 0.3) is 0 Å². The van der Waals surface area contributed by atoms with Crippen molar-refractivity contribution < 1.29 is 19.8 Å². The predicted octanol–water partition coefficient (Wildman–Crippen LogP) is 4.41. The molecule has 2 amide bonds. The minimum Gasteiger partial charge on any atom is -0.507 e.